The summed E-state index contributed by atoms with van der Waals surface area (Å²) in [6.07, 6.45) is 9.97. The Balaban J connectivity index is 1.84. The number of nitrogens with two attached hydrogens (primary N) is 1. The van der Waals surface area contributed by atoms with E-state index in [0.29, 0.717) is 6.61 Å². The minimum absolute atomic E-state index is 0.699. The van der Waals surface area contributed by atoms with Gasteiger partial charge in [0.25, 0.3) is 0 Å². The van der Waals surface area contributed by atoms with Crippen molar-refractivity contribution in [1.29, 1.82) is 0 Å². The molecular weight excluding hydrogens is 390 g/mol. The molecule has 6 heteroatoms. The van der Waals surface area contributed by atoms with Crippen LogP contribution >= 0.6 is 0 Å². The molecule has 1 aromatic carbocycles. The van der Waals surface area contributed by atoms with Gasteiger partial charge in [0.1, 0.15) is 0 Å². The smallest absolute Gasteiger partial charge is 0.203 e. The highest BCUT2D eigenvalue weighted by Crippen LogP contribution is 2.39. The summed E-state index contributed by atoms with van der Waals surface area (Å²) in [7, 11) is 3.41. The van der Waals surface area contributed by atoms with Crippen LogP contribution in [0.15, 0.2) is 12.1 Å². The Labute approximate surface area is 190 Å². The fourth-order valence-electron chi connectivity index (χ4n) is 4.15. The van der Waals surface area contributed by atoms with Gasteiger partial charge in [-0.2, -0.15) is 0 Å². The Bertz CT molecular complexity index is 579. The van der Waals surface area contributed by atoms with Gasteiger partial charge in [-0.05, 0) is 43.6 Å². The molecule has 0 saturated carbocycles. The minimum atomic E-state index is 0.699. The van der Waals surface area contributed by atoms with Gasteiger partial charge in [-0.15, -0.1) is 0 Å². The lowest BCUT2D eigenvalue weighted by Crippen LogP contribution is -2.46. The van der Waals surface area contributed by atoms with Gasteiger partial charge in [-0.1, -0.05) is 45.4 Å². The maximum absolute atomic E-state index is 6.09. The van der Waals surface area contributed by atoms with Crippen molar-refractivity contribution >= 4 is 0 Å². The van der Waals surface area contributed by atoms with Crippen molar-refractivity contribution in [2.75, 3.05) is 60.1 Å². The average Bonchev–Trinajstić information content (AvgIpc) is 2.80. The van der Waals surface area contributed by atoms with Crippen LogP contribution in [0.25, 0.3) is 0 Å². The van der Waals surface area contributed by atoms with Gasteiger partial charge < -0.3 is 24.8 Å². The number of unbranched alkanes of at least 4 members (excludes halogenated alkanes) is 6. The van der Waals surface area contributed by atoms with E-state index in [1.165, 1.54) is 44.1 Å². The van der Waals surface area contributed by atoms with E-state index in [9.17, 15) is 0 Å². The van der Waals surface area contributed by atoms with Crippen LogP contribution in [0, 0.1) is 0 Å². The zero-order chi connectivity index (χ0) is 22.3. The molecule has 0 amide bonds. The second kappa shape index (κ2) is 15.3. The molecule has 2 rings (SSSR count). The number of rotatable bonds is 16. The normalized spacial score (nSPS) is 15.2. The third kappa shape index (κ3) is 9.26. The van der Waals surface area contributed by atoms with E-state index in [2.05, 4.69) is 28.9 Å². The largest absolute Gasteiger partial charge is 0.493 e. The van der Waals surface area contributed by atoms with Crippen LogP contribution in [0.4, 0.5) is 0 Å². The molecule has 2 N–H and O–H groups in total. The van der Waals surface area contributed by atoms with E-state index in [1.807, 2.05) is 0 Å². The number of benzene rings is 1. The predicted octanol–water partition coefficient (Wildman–Crippen LogP) is 4.30. The lowest BCUT2D eigenvalue weighted by atomic mass is 10.1. The minimum Gasteiger partial charge on any atom is -0.493 e. The van der Waals surface area contributed by atoms with Crippen molar-refractivity contribution in [2.24, 2.45) is 5.73 Å². The zero-order valence-corrected chi connectivity index (χ0v) is 20.2. The SMILES string of the molecule is CCCCCCCCCOc1c(OC)cc(CN2CCN(CCCN)CC2)cc1OC. The maximum atomic E-state index is 6.09. The molecule has 0 atom stereocenters. The Morgan fingerprint density at radius 3 is 1.97 bits per heavy atom. The molecule has 0 unspecified atom stereocenters. The molecule has 0 aromatic heterocycles. The molecule has 1 fully saturated rings. The molecule has 0 spiro atoms. The Morgan fingerprint density at radius 2 is 1.39 bits per heavy atom. The summed E-state index contributed by atoms with van der Waals surface area (Å²) in [6, 6.07) is 4.20. The molecular formula is C25H45N3O3. The van der Waals surface area contributed by atoms with Gasteiger partial charge in [-0.3, -0.25) is 4.90 Å². The molecule has 1 aliphatic heterocycles. The van der Waals surface area contributed by atoms with Crippen molar-refractivity contribution in [2.45, 2.75) is 64.8 Å². The van der Waals surface area contributed by atoms with Crippen LogP contribution in [0.5, 0.6) is 17.2 Å². The molecule has 1 saturated heterocycles. The second-order valence-corrected chi connectivity index (χ2v) is 8.56. The van der Waals surface area contributed by atoms with Crippen LogP contribution in [-0.2, 0) is 6.54 Å². The molecule has 1 heterocycles. The first-order valence-electron chi connectivity index (χ1n) is 12.2. The van der Waals surface area contributed by atoms with Crippen molar-refractivity contribution in [3.05, 3.63) is 17.7 Å². The van der Waals surface area contributed by atoms with Crippen molar-refractivity contribution in [1.82, 2.24) is 9.80 Å². The molecule has 178 valence electrons. The fraction of sp³-hybridized carbons (Fsp3) is 0.760. The van der Waals surface area contributed by atoms with E-state index in [0.717, 1.165) is 75.9 Å². The number of hydrogen-bond donors (Lipinski definition) is 1. The summed E-state index contributed by atoms with van der Waals surface area (Å²) >= 11 is 0. The van der Waals surface area contributed by atoms with E-state index in [1.54, 1.807) is 14.2 Å². The maximum Gasteiger partial charge on any atom is 0.203 e. The number of piperazine rings is 1. The first kappa shape index (κ1) is 25.8. The van der Waals surface area contributed by atoms with Crippen LogP contribution in [-0.4, -0.2) is 69.9 Å². The van der Waals surface area contributed by atoms with Gasteiger partial charge in [0, 0.05) is 32.7 Å². The molecule has 6 nitrogen and oxygen atoms in total. The fourth-order valence-corrected chi connectivity index (χ4v) is 4.15. The summed E-state index contributed by atoms with van der Waals surface area (Å²) < 4.78 is 17.4. The van der Waals surface area contributed by atoms with Crippen LogP contribution in [0.2, 0.25) is 0 Å². The van der Waals surface area contributed by atoms with E-state index >= 15 is 0 Å². The summed E-state index contributed by atoms with van der Waals surface area (Å²) in [6.45, 7) is 10.1. The number of hydrogen-bond acceptors (Lipinski definition) is 6. The van der Waals surface area contributed by atoms with Gasteiger partial charge in [0.2, 0.25) is 5.75 Å². The Kier molecular flexibility index (Phi) is 12.7. The lowest BCUT2D eigenvalue weighted by molar-refractivity contribution is 0.126. The highest BCUT2D eigenvalue weighted by Gasteiger charge is 2.19. The third-order valence-corrected chi connectivity index (χ3v) is 6.06. The highest BCUT2D eigenvalue weighted by atomic mass is 16.5. The second-order valence-electron chi connectivity index (χ2n) is 8.56. The van der Waals surface area contributed by atoms with Crippen molar-refractivity contribution in [3.63, 3.8) is 0 Å². The van der Waals surface area contributed by atoms with Gasteiger partial charge in [-0.25, -0.2) is 0 Å². The van der Waals surface area contributed by atoms with Crippen molar-refractivity contribution < 1.29 is 14.2 Å². The summed E-state index contributed by atoms with van der Waals surface area (Å²) in [5.41, 5.74) is 6.84. The Hall–Kier alpha value is -1.50. The van der Waals surface area contributed by atoms with Gasteiger partial charge in [0.05, 0.1) is 20.8 Å². The monoisotopic (exact) mass is 435 g/mol. The van der Waals surface area contributed by atoms with E-state index < -0.39 is 0 Å². The van der Waals surface area contributed by atoms with Gasteiger partial charge >= 0.3 is 0 Å². The van der Waals surface area contributed by atoms with Gasteiger partial charge in [0.15, 0.2) is 11.5 Å². The van der Waals surface area contributed by atoms with E-state index in [-0.39, 0.29) is 0 Å². The van der Waals surface area contributed by atoms with Crippen molar-refractivity contribution in [3.8, 4) is 17.2 Å². The van der Waals surface area contributed by atoms with Crippen LogP contribution in [0.1, 0.15) is 63.9 Å². The molecule has 0 radical (unpaired) electrons. The Morgan fingerprint density at radius 1 is 0.806 bits per heavy atom. The molecule has 0 bridgehead atoms. The number of nitrogens with zero attached hydrogens (tertiary/aromatic N) is 2. The molecule has 31 heavy (non-hydrogen) atoms. The first-order valence-corrected chi connectivity index (χ1v) is 12.2. The topological polar surface area (TPSA) is 60.2 Å². The summed E-state index contributed by atoms with van der Waals surface area (Å²) in [4.78, 5) is 5.00. The van der Waals surface area contributed by atoms with Crippen LogP contribution in [0.3, 0.4) is 0 Å². The van der Waals surface area contributed by atoms with Crippen LogP contribution < -0.4 is 19.9 Å². The van der Waals surface area contributed by atoms with E-state index in [4.69, 9.17) is 19.9 Å². The molecule has 1 aliphatic rings. The number of ether oxygens (including phenoxy) is 3. The molecule has 1 aromatic rings. The summed E-state index contributed by atoms with van der Waals surface area (Å²) in [5, 5.41) is 0. The predicted molar refractivity (Wildman–Crippen MR) is 128 cm³/mol. The molecule has 0 aliphatic carbocycles. The lowest BCUT2D eigenvalue weighted by Gasteiger charge is -2.34. The third-order valence-electron chi connectivity index (χ3n) is 6.06. The average molecular weight is 436 g/mol. The highest BCUT2D eigenvalue weighted by molar-refractivity contribution is 5.53. The quantitative estimate of drug-likeness (QED) is 0.391. The standard InChI is InChI=1S/C25H45N3O3/c1-4-5-6-7-8-9-10-18-31-25-23(29-2)19-22(20-24(25)30-3)21-28-16-14-27(15-17-28)13-11-12-26/h19-20H,4-18,21,26H2,1-3H3. The first-order chi connectivity index (χ1) is 15.2. The summed E-state index contributed by atoms with van der Waals surface area (Å²) in [5.74, 6) is 2.25. The number of methoxy groups -OCH3 is 2. The zero-order valence-electron chi connectivity index (χ0n) is 20.2.